The Kier molecular flexibility index (Phi) is 6.23. The summed E-state index contributed by atoms with van der Waals surface area (Å²) in [7, 11) is 0. The molecule has 2 rings (SSSR count). The van der Waals surface area contributed by atoms with Gasteiger partial charge in [-0.1, -0.05) is 31.9 Å². The van der Waals surface area contributed by atoms with Gasteiger partial charge in [0.2, 0.25) is 0 Å². The van der Waals surface area contributed by atoms with Gasteiger partial charge in [0.1, 0.15) is 11.9 Å². The van der Waals surface area contributed by atoms with E-state index in [0.717, 1.165) is 24.0 Å². The second-order valence-electron chi connectivity index (χ2n) is 5.46. The number of rotatable bonds is 8. The molecule has 0 amide bonds. The molecule has 0 saturated heterocycles. The maximum Gasteiger partial charge on any atom is 0.320 e. The van der Waals surface area contributed by atoms with Crippen LogP contribution in [-0.2, 0) is 11.3 Å². The number of aliphatic carboxylic acids is 1. The minimum Gasteiger partial charge on any atom is -0.480 e. The minimum atomic E-state index is -0.896. The first-order chi connectivity index (χ1) is 11.1. The molecular formula is C18H21FN2O2. The number of halogens is 1. The summed E-state index contributed by atoms with van der Waals surface area (Å²) >= 11 is 0. The quantitative estimate of drug-likeness (QED) is 0.781. The fraction of sp³-hybridized carbons (Fsp3) is 0.333. The number of aromatic nitrogens is 1. The molecule has 23 heavy (non-hydrogen) atoms. The number of unbranched alkanes of at least 4 members (excludes halogenated alkanes) is 1. The zero-order valence-electron chi connectivity index (χ0n) is 13.1. The van der Waals surface area contributed by atoms with E-state index in [9.17, 15) is 14.3 Å². The molecule has 4 nitrogen and oxygen atoms in total. The standard InChI is InChI=1S/C18H21FN2O2/c1-2-3-4-17(18(22)23)21-12-15-6-5-14(11-16(15)19)13-7-9-20-10-8-13/h5-11,17,21H,2-4,12H2,1H3,(H,22,23). The summed E-state index contributed by atoms with van der Waals surface area (Å²) in [5.41, 5.74) is 2.13. The van der Waals surface area contributed by atoms with Gasteiger partial charge in [0, 0.05) is 24.5 Å². The maximum atomic E-state index is 14.2. The first-order valence-electron chi connectivity index (χ1n) is 7.76. The number of carbonyl (C=O) groups is 1. The first kappa shape index (κ1) is 17.1. The molecule has 0 aliphatic carbocycles. The molecule has 0 radical (unpaired) electrons. The number of carboxylic acid groups (broad SMARTS) is 1. The molecule has 1 heterocycles. The van der Waals surface area contributed by atoms with Gasteiger partial charge >= 0.3 is 5.97 Å². The van der Waals surface area contributed by atoms with Gasteiger partial charge in [0.15, 0.2) is 0 Å². The normalized spacial score (nSPS) is 12.1. The van der Waals surface area contributed by atoms with Crippen molar-refractivity contribution in [2.24, 2.45) is 0 Å². The van der Waals surface area contributed by atoms with E-state index in [1.807, 2.05) is 25.1 Å². The Morgan fingerprint density at radius 3 is 2.61 bits per heavy atom. The zero-order chi connectivity index (χ0) is 16.7. The van der Waals surface area contributed by atoms with E-state index in [2.05, 4.69) is 10.3 Å². The smallest absolute Gasteiger partial charge is 0.320 e. The van der Waals surface area contributed by atoms with Crippen LogP contribution in [0.3, 0.4) is 0 Å². The molecule has 0 saturated carbocycles. The molecule has 2 N–H and O–H groups in total. The van der Waals surface area contributed by atoms with E-state index in [-0.39, 0.29) is 12.4 Å². The lowest BCUT2D eigenvalue weighted by Crippen LogP contribution is -2.36. The van der Waals surface area contributed by atoms with Gasteiger partial charge in [0.05, 0.1) is 0 Å². The molecule has 1 unspecified atom stereocenters. The van der Waals surface area contributed by atoms with Crippen LogP contribution in [0, 0.1) is 5.82 Å². The van der Waals surface area contributed by atoms with E-state index in [4.69, 9.17) is 0 Å². The first-order valence-corrected chi connectivity index (χ1v) is 7.76. The molecular weight excluding hydrogens is 295 g/mol. The van der Waals surface area contributed by atoms with Crippen LogP contribution >= 0.6 is 0 Å². The molecule has 0 aliphatic heterocycles. The molecule has 0 spiro atoms. The monoisotopic (exact) mass is 316 g/mol. The van der Waals surface area contributed by atoms with Crippen LogP contribution in [-0.4, -0.2) is 22.1 Å². The Hall–Kier alpha value is -2.27. The van der Waals surface area contributed by atoms with Gasteiger partial charge in [-0.15, -0.1) is 0 Å². The Balaban J connectivity index is 2.05. The Morgan fingerprint density at radius 2 is 2.00 bits per heavy atom. The average Bonchev–Trinajstić information content (AvgIpc) is 2.56. The van der Waals surface area contributed by atoms with Crippen LogP contribution in [0.15, 0.2) is 42.7 Å². The number of hydrogen-bond acceptors (Lipinski definition) is 3. The SMILES string of the molecule is CCCCC(NCc1ccc(-c2ccncc2)cc1F)C(=O)O. The van der Waals surface area contributed by atoms with Crippen molar-refractivity contribution in [3.63, 3.8) is 0 Å². The van der Waals surface area contributed by atoms with Crippen LogP contribution in [0.25, 0.3) is 11.1 Å². The van der Waals surface area contributed by atoms with E-state index < -0.39 is 12.0 Å². The number of nitrogens with one attached hydrogen (secondary N) is 1. The van der Waals surface area contributed by atoms with Crippen molar-refractivity contribution in [3.05, 3.63) is 54.1 Å². The van der Waals surface area contributed by atoms with Crippen LogP contribution in [0.4, 0.5) is 4.39 Å². The van der Waals surface area contributed by atoms with Crippen molar-refractivity contribution in [2.45, 2.75) is 38.8 Å². The molecule has 1 atom stereocenters. The van der Waals surface area contributed by atoms with Gasteiger partial charge in [-0.05, 0) is 35.7 Å². The summed E-state index contributed by atoms with van der Waals surface area (Å²) < 4.78 is 14.2. The highest BCUT2D eigenvalue weighted by atomic mass is 19.1. The lowest BCUT2D eigenvalue weighted by Gasteiger charge is -2.14. The van der Waals surface area contributed by atoms with Gasteiger partial charge in [-0.2, -0.15) is 0 Å². The molecule has 2 aromatic rings. The second-order valence-corrected chi connectivity index (χ2v) is 5.46. The second kappa shape index (κ2) is 8.39. The lowest BCUT2D eigenvalue weighted by atomic mass is 10.0. The highest BCUT2D eigenvalue weighted by Gasteiger charge is 2.16. The van der Waals surface area contributed by atoms with E-state index in [1.165, 1.54) is 6.07 Å². The van der Waals surface area contributed by atoms with Gasteiger partial charge in [-0.3, -0.25) is 9.78 Å². The van der Waals surface area contributed by atoms with E-state index in [1.54, 1.807) is 18.5 Å². The molecule has 0 bridgehead atoms. The Morgan fingerprint density at radius 1 is 1.26 bits per heavy atom. The highest BCUT2D eigenvalue weighted by molar-refractivity contribution is 5.73. The average molecular weight is 316 g/mol. The predicted molar refractivity (Wildman–Crippen MR) is 87.4 cm³/mol. The number of nitrogens with zero attached hydrogens (tertiary/aromatic N) is 1. The van der Waals surface area contributed by atoms with Crippen molar-refractivity contribution in [1.29, 1.82) is 0 Å². The molecule has 5 heteroatoms. The topological polar surface area (TPSA) is 62.2 Å². The van der Waals surface area contributed by atoms with Crippen LogP contribution in [0.1, 0.15) is 31.7 Å². The van der Waals surface area contributed by atoms with Crippen molar-refractivity contribution < 1.29 is 14.3 Å². The lowest BCUT2D eigenvalue weighted by molar-refractivity contribution is -0.139. The van der Waals surface area contributed by atoms with Crippen molar-refractivity contribution in [3.8, 4) is 11.1 Å². The zero-order valence-corrected chi connectivity index (χ0v) is 13.1. The summed E-state index contributed by atoms with van der Waals surface area (Å²) in [6, 6.07) is 7.98. The molecule has 0 fully saturated rings. The third-order valence-electron chi connectivity index (χ3n) is 3.75. The third kappa shape index (κ3) is 4.86. The molecule has 1 aromatic carbocycles. The maximum absolute atomic E-state index is 14.2. The number of benzene rings is 1. The Bertz CT molecular complexity index is 647. The molecule has 122 valence electrons. The van der Waals surface area contributed by atoms with E-state index >= 15 is 0 Å². The Labute approximate surface area is 135 Å². The summed E-state index contributed by atoms with van der Waals surface area (Å²) in [5, 5.41) is 12.1. The van der Waals surface area contributed by atoms with Gasteiger partial charge in [0.25, 0.3) is 0 Å². The van der Waals surface area contributed by atoms with Gasteiger partial charge < -0.3 is 10.4 Å². The fourth-order valence-corrected chi connectivity index (χ4v) is 2.37. The van der Waals surface area contributed by atoms with Crippen molar-refractivity contribution >= 4 is 5.97 Å². The van der Waals surface area contributed by atoms with Crippen molar-refractivity contribution in [2.75, 3.05) is 0 Å². The number of pyridine rings is 1. The van der Waals surface area contributed by atoms with Crippen LogP contribution < -0.4 is 5.32 Å². The molecule has 1 aromatic heterocycles. The summed E-state index contributed by atoms with van der Waals surface area (Å²) in [5.74, 6) is -1.24. The largest absolute Gasteiger partial charge is 0.480 e. The summed E-state index contributed by atoms with van der Waals surface area (Å²) in [4.78, 5) is 15.1. The fourth-order valence-electron chi connectivity index (χ4n) is 2.37. The highest BCUT2D eigenvalue weighted by Crippen LogP contribution is 2.21. The van der Waals surface area contributed by atoms with Gasteiger partial charge in [-0.25, -0.2) is 4.39 Å². The third-order valence-corrected chi connectivity index (χ3v) is 3.75. The minimum absolute atomic E-state index is 0.198. The molecule has 0 aliphatic rings. The number of carboxylic acids is 1. The predicted octanol–water partition coefficient (Wildman–Crippen LogP) is 3.62. The number of hydrogen-bond donors (Lipinski definition) is 2. The van der Waals surface area contributed by atoms with Crippen LogP contribution in [0.2, 0.25) is 0 Å². The van der Waals surface area contributed by atoms with E-state index in [0.29, 0.717) is 12.0 Å². The van der Waals surface area contributed by atoms with Crippen LogP contribution in [0.5, 0.6) is 0 Å². The van der Waals surface area contributed by atoms with Crippen molar-refractivity contribution in [1.82, 2.24) is 10.3 Å². The summed E-state index contributed by atoms with van der Waals surface area (Å²) in [6.07, 6.45) is 5.62. The summed E-state index contributed by atoms with van der Waals surface area (Å²) in [6.45, 7) is 2.21.